The monoisotopic (exact) mass is 361 g/mol. The molecule has 1 aliphatic heterocycles. The van der Waals surface area contributed by atoms with E-state index in [0.29, 0.717) is 16.9 Å². The number of para-hydroxylation sites is 1. The standard InChI is InChI=1S/C22H27N5/c1-15-24-19(26-14-22(4)11-17(26)10-21(2,3)13-22)18-12-23-27(20(18)25-15)16-8-6-5-7-9-16/h5-9,12,17H,10-11,13-14H2,1-4H3. The molecule has 2 fully saturated rings. The molecule has 140 valence electrons. The molecule has 2 aromatic heterocycles. The number of aromatic nitrogens is 4. The Balaban J connectivity index is 1.64. The third-order valence-corrected chi connectivity index (χ3v) is 6.21. The van der Waals surface area contributed by atoms with Gasteiger partial charge in [0.2, 0.25) is 0 Å². The lowest BCUT2D eigenvalue weighted by Gasteiger charge is -2.39. The second kappa shape index (κ2) is 5.54. The van der Waals surface area contributed by atoms with Crippen LogP contribution in [0.4, 0.5) is 5.82 Å². The highest BCUT2D eigenvalue weighted by Crippen LogP contribution is 2.53. The van der Waals surface area contributed by atoms with E-state index in [4.69, 9.17) is 9.97 Å². The molecule has 0 radical (unpaired) electrons. The molecule has 0 spiro atoms. The normalized spacial score (nSPS) is 26.7. The minimum Gasteiger partial charge on any atom is -0.352 e. The van der Waals surface area contributed by atoms with Crippen LogP contribution >= 0.6 is 0 Å². The lowest BCUT2D eigenvalue weighted by molar-refractivity contribution is 0.136. The molecule has 0 N–H and O–H groups in total. The molecule has 2 bridgehead atoms. The predicted octanol–water partition coefficient (Wildman–Crippen LogP) is 4.53. The van der Waals surface area contributed by atoms with Gasteiger partial charge in [0.25, 0.3) is 0 Å². The Kier molecular flexibility index (Phi) is 3.43. The molecule has 2 aliphatic rings. The van der Waals surface area contributed by atoms with Gasteiger partial charge in [-0.05, 0) is 49.1 Å². The Morgan fingerprint density at radius 3 is 2.59 bits per heavy atom. The predicted molar refractivity (Wildman–Crippen MR) is 108 cm³/mol. The summed E-state index contributed by atoms with van der Waals surface area (Å²) in [6, 6.07) is 10.8. The number of hydrogen-bond acceptors (Lipinski definition) is 4. The van der Waals surface area contributed by atoms with E-state index < -0.39 is 0 Å². The first-order valence-corrected chi connectivity index (χ1v) is 9.88. The Morgan fingerprint density at radius 2 is 1.81 bits per heavy atom. The molecule has 1 saturated carbocycles. The first kappa shape index (κ1) is 16.7. The summed E-state index contributed by atoms with van der Waals surface area (Å²) >= 11 is 0. The van der Waals surface area contributed by atoms with E-state index >= 15 is 0 Å². The number of benzene rings is 1. The second-order valence-electron chi connectivity index (χ2n) is 9.57. The largest absolute Gasteiger partial charge is 0.352 e. The topological polar surface area (TPSA) is 46.8 Å². The van der Waals surface area contributed by atoms with Crippen molar-refractivity contribution in [1.82, 2.24) is 19.7 Å². The maximum absolute atomic E-state index is 4.89. The van der Waals surface area contributed by atoms with Gasteiger partial charge in [0.1, 0.15) is 11.6 Å². The molecule has 27 heavy (non-hydrogen) atoms. The summed E-state index contributed by atoms with van der Waals surface area (Å²) in [7, 11) is 0. The number of anilines is 1. The van der Waals surface area contributed by atoms with Crippen LogP contribution < -0.4 is 4.90 Å². The van der Waals surface area contributed by atoms with Crippen LogP contribution in [0.15, 0.2) is 36.5 Å². The quantitative estimate of drug-likeness (QED) is 0.673. The van der Waals surface area contributed by atoms with Crippen LogP contribution in [0.5, 0.6) is 0 Å². The molecule has 3 heterocycles. The molecule has 1 aliphatic carbocycles. The molecular weight excluding hydrogens is 334 g/mol. The zero-order valence-electron chi connectivity index (χ0n) is 16.6. The Bertz CT molecular complexity index is 1010. The zero-order valence-corrected chi connectivity index (χ0v) is 16.6. The van der Waals surface area contributed by atoms with Crippen LogP contribution in [0, 0.1) is 17.8 Å². The average molecular weight is 361 g/mol. The van der Waals surface area contributed by atoms with Crippen molar-refractivity contribution in [3.8, 4) is 5.69 Å². The molecule has 2 unspecified atom stereocenters. The van der Waals surface area contributed by atoms with Crippen molar-refractivity contribution < 1.29 is 0 Å². The zero-order chi connectivity index (χ0) is 18.8. The van der Waals surface area contributed by atoms with E-state index in [1.165, 1.54) is 19.3 Å². The lowest BCUT2D eigenvalue weighted by Crippen LogP contribution is -2.35. The summed E-state index contributed by atoms with van der Waals surface area (Å²) in [4.78, 5) is 12.2. The van der Waals surface area contributed by atoms with Crippen LogP contribution in [0.3, 0.4) is 0 Å². The molecular formula is C22H27N5. The maximum Gasteiger partial charge on any atom is 0.168 e. The SMILES string of the molecule is Cc1nc(N2CC3(C)CC2CC(C)(C)C3)c2cnn(-c3ccccc3)c2n1. The van der Waals surface area contributed by atoms with Crippen molar-refractivity contribution in [2.75, 3.05) is 11.4 Å². The van der Waals surface area contributed by atoms with Gasteiger partial charge >= 0.3 is 0 Å². The second-order valence-corrected chi connectivity index (χ2v) is 9.57. The minimum atomic E-state index is 0.368. The highest BCUT2D eigenvalue weighted by Gasteiger charge is 2.50. The Morgan fingerprint density at radius 1 is 1.04 bits per heavy atom. The average Bonchev–Trinajstić information content (AvgIpc) is 3.12. The van der Waals surface area contributed by atoms with E-state index in [1.807, 2.05) is 36.0 Å². The van der Waals surface area contributed by atoms with Gasteiger partial charge in [-0.2, -0.15) is 5.10 Å². The Labute approximate surface area is 160 Å². The number of nitrogens with zero attached hydrogens (tertiary/aromatic N) is 5. The summed E-state index contributed by atoms with van der Waals surface area (Å²) < 4.78 is 1.93. The number of aryl methyl sites for hydroxylation is 1. The molecule has 0 amide bonds. The van der Waals surface area contributed by atoms with Crippen molar-refractivity contribution >= 4 is 16.9 Å². The maximum atomic E-state index is 4.89. The van der Waals surface area contributed by atoms with E-state index in [0.717, 1.165) is 34.9 Å². The molecule has 1 aromatic carbocycles. The van der Waals surface area contributed by atoms with Gasteiger partial charge in [0.05, 0.1) is 17.3 Å². The van der Waals surface area contributed by atoms with Crippen molar-refractivity contribution in [1.29, 1.82) is 0 Å². The summed E-state index contributed by atoms with van der Waals surface area (Å²) in [5.41, 5.74) is 2.69. The molecule has 3 aromatic rings. The van der Waals surface area contributed by atoms with Crippen LogP contribution in [0.1, 0.15) is 45.9 Å². The van der Waals surface area contributed by atoms with Gasteiger partial charge in [-0.25, -0.2) is 14.6 Å². The van der Waals surface area contributed by atoms with E-state index in [2.05, 4.69) is 42.9 Å². The summed E-state index contributed by atoms with van der Waals surface area (Å²) in [5.74, 6) is 1.87. The third-order valence-electron chi connectivity index (χ3n) is 6.21. The molecule has 5 rings (SSSR count). The number of fused-ring (bicyclic) bond motifs is 3. The van der Waals surface area contributed by atoms with Gasteiger partial charge in [-0.3, -0.25) is 0 Å². The van der Waals surface area contributed by atoms with Crippen LogP contribution in [-0.4, -0.2) is 32.3 Å². The third kappa shape index (κ3) is 2.71. The van der Waals surface area contributed by atoms with E-state index in [9.17, 15) is 0 Å². The number of hydrogen-bond donors (Lipinski definition) is 0. The van der Waals surface area contributed by atoms with E-state index in [-0.39, 0.29) is 0 Å². The highest BCUT2D eigenvalue weighted by molar-refractivity contribution is 5.88. The van der Waals surface area contributed by atoms with Crippen LogP contribution in [-0.2, 0) is 0 Å². The molecule has 5 nitrogen and oxygen atoms in total. The summed E-state index contributed by atoms with van der Waals surface area (Å²) in [5, 5.41) is 5.71. The minimum absolute atomic E-state index is 0.368. The number of rotatable bonds is 2. The molecule has 5 heteroatoms. The van der Waals surface area contributed by atoms with Gasteiger partial charge in [-0.1, -0.05) is 39.0 Å². The van der Waals surface area contributed by atoms with Gasteiger partial charge in [0.15, 0.2) is 5.65 Å². The molecule has 2 atom stereocenters. The van der Waals surface area contributed by atoms with Crippen molar-refractivity contribution in [2.45, 2.75) is 53.0 Å². The van der Waals surface area contributed by atoms with Crippen molar-refractivity contribution in [2.24, 2.45) is 10.8 Å². The fourth-order valence-electron chi connectivity index (χ4n) is 5.68. The lowest BCUT2D eigenvalue weighted by atomic mass is 9.65. The van der Waals surface area contributed by atoms with E-state index in [1.54, 1.807) is 0 Å². The van der Waals surface area contributed by atoms with Gasteiger partial charge in [0, 0.05) is 12.6 Å². The first-order chi connectivity index (χ1) is 12.8. The van der Waals surface area contributed by atoms with Crippen molar-refractivity contribution in [3.63, 3.8) is 0 Å². The summed E-state index contributed by atoms with van der Waals surface area (Å²) in [6.07, 6.45) is 5.70. The fourth-order valence-corrected chi connectivity index (χ4v) is 5.68. The van der Waals surface area contributed by atoms with Gasteiger partial charge < -0.3 is 4.90 Å². The highest BCUT2D eigenvalue weighted by atomic mass is 15.3. The molecule has 1 saturated heterocycles. The van der Waals surface area contributed by atoms with Crippen LogP contribution in [0.2, 0.25) is 0 Å². The fraction of sp³-hybridized carbons (Fsp3) is 0.500. The van der Waals surface area contributed by atoms with Crippen molar-refractivity contribution in [3.05, 3.63) is 42.4 Å². The first-order valence-electron chi connectivity index (χ1n) is 9.88. The Hall–Kier alpha value is -2.43. The smallest absolute Gasteiger partial charge is 0.168 e. The summed E-state index contributed by atoms with van der Waals surface area (Å²) in [6.45, 7) is 10.3. The van der Waals surface area contributed by atoms with Gasteiger partial charge in [-0.15, -0.1) is 0 Å². The van der Waals surface area contributed by atoms with Crippen LogP contribution in [0.25, 0.3) is 16.7 Å².